The summed E-state index contributed by atoms with van der Waals surface area (Å²) in [6.45, 7) is 6.35. The van der Waals surface area contributed by atoms with Gasteiger partial charge in [-0.15, -0.1) is 0 Å². The molecule has 0 spiro atoms. The van der Waals surface area contributed by atoms with Crippen LogP contribution < -0.4 is 16.0 Å². The van der Waals surface area contributed by atoms with Gasteiger partial charge in [0.05, 0.1) is 6.61 Å². The lowest BCUT2D eigenvalue weighted by molar-refractivity contribution is -0.137. The Labute approximate surface area is 238 Å². The van der Waals surface area contributed by atoms with Crippen LogP contribution >= 0.6 is 0 Å². The van der Waals surface area contributed by atoms with E-state index < -0.39 is 17.4 Å². The van der Waals surface area contributed by atoms with Crippen molar-refractivity contribution in [1.82, 2.24) is 16.0 Å². The largest absolute Gasteiger partial charge is 0.396 e. The van der Waals surface area contributed by atoms with Crippen molar-refractivity contribution < 1.29 is 24.6 Å². The summed E-state index contributed by atoms with van der Waals surface area (Å²) in [4.78, 5) is 35.7. The van der Waals surface area contributed by atoms with E-state index in [9.17, 15) is 24.6 Å². The minimum absolute atomic E-state index is 0.0963. The van der Waals surface area contributed by atoms with E-state index >= 15 is 0 Å². The molecule has 0 aliphatic carbocycles. The summed E-state index contributed by atoms with van der Waals surface area (Å²) < 4.78 is 0. The smallest absolute Gasteiger partial charge is 0.249 e. The molecule has 8 heteroatoms. The van der Waals surface area contributed by atoms with Gasteiger partial charge in [-0.3, -0.25) is 14.4 Å². The zero-order chi connectivity index (χ0) is 29.2. The van der Waals surface area contributed by atoms with Gasteiger partial charge in [-0.1, -0.05) is 84.3 Å². The SMILES string of the molecule is CCCCCCCCC=CCCCCCCCC(=O)NCCCCNC(=O)CCNC(=O)C(O)C(C)(C)CO. The van der Waals surface area contributed by atoms with Gasteiger partial charge in [-0.2, -0.15) is 0 Å². The van der Waals surface area contributed by atoms with Crippen molar-refractivity contribution in [3.05, 3.63) is 12.2 Å². The van der Waals surface area contributed by atoms with Gasteiger partial charge in [0.25, 0.3) is 0 Å². The van der Waals surface area contributed by atoms with Crippen LogP contribution in [0.15, 0.2) is 12.2 Å². The maximum atomic E-state index is 12.0. The number of carbonyl (C=O) groups is 3. The molecule has 228 valence electrons. The molecule has 0 aliphatic heterocycles. The number of amides is 3. The van der Waals surface area contributed by atoms with E-state index in [1.54, 1.807) is 13.8 Å². The summed E-state index contributed by atoms with van der Waals surface area (Å²) in [5, 5.41) is 27.4. The van der Waals surface area contributed by atoms with E-state index in [-0.39, 0.29) is 31.4 Å². The molecule has 0 radical (unpaired) electrons. The fraction of sp³-hybridized carbons (Fsp3) is 0.839. The molecule has 1 unspecified atom stereocenters. The summed E-state index contributed by atoms with van der Waals surface area (Å²) in [6.07, 6.45) is 21.8. The molecule has 0 aromatic heterocycles. The number of hydrogen-bond acceptors (Lipinski definition) is 5. The van der Waals surface area contributed by atoms with Gasteiger partial charge in [0.2, 0.25) is 17.7 Å². The Morgan fingerprint density at radius 2 is 1.15 bits per heavy atom. The topological polar surface area (TPSA) is 128 Å². The Morgan fingerprint density at radius 3 is 1.69 bits per heavy atom. The molecule has 0 saturated carbocycles. The second-order valence-corrected chi connectivity index (χ2v) is 11.3. The number of unbranched alkanes of at least 4 members (excludes halogenated alkanes) is 12. The number of aliphatic hydroxyl groups is 2. The van der Waals surface area contributed by atoms with Crippen molar-refractivity contribution in [2.24, 2.45) is 5.41 Å². The van der Waals surface area contributed by atoms with Gasteiger partial charge >= 0.3 is 0 Å². The summed E-state index contributed by atoms with van der Waals surface area (Å²) >= 11 is 0. The van der Waals surface area contributed by atoms with Crippen molar-refractivity contribution in [3.8, 4) is 0 Å². The quantitative estimate of drug-likeness (QED) is 0.0767. The van der Waals surface area contributed by atoms with Crippen LogP contribution in [-0.4, -0.2) is 60.3 Å². The number of hydrogen-bond donors (Lipinski definition) is 5. The van der Waals surface area contributed by atoms with Crippen molar-refractivity contribution in [1.29, 1.82) is 0 Å². The van der Waals surface area contributed by atoms with Crippen LogP contribution in [0, 0.1) is 5.41 Å². The average Bonchev–Trinajstić information content (AvgIpc) is 2.92. The molecule has 0 saturated heterocycles. The van der Waals surface area contributed by atoms with Crippen molar-refractivity contribution in [3.63, 3.8) is 0 Å². The predicted octanol–water partition coefficient (Wildman–Crippen LogP) is 4.92. The fourth-order valence-corrected chi connectivity index (χ4v) is 4.08. The molecule has 0 aromatic rings. The maximum Gasteiger partial charge on any atom is 0.249 e. The van der Waals surface area contributed by atoms with Gasteiger partial charge in [-0.25, -0.2) is 0 Å². The molecule has 0 bridgehead atoms. The van der Waals surface area contributed by atoms with Crippen LogP contribution in [0.25, 0.3) is 0 Å². The number of carbonyl (C=O) groups excluding carboxylic acids is 3. The van der Waals surface area contributed by atoms with E-state index in [0.29, 0.717) is 19.5 Å². The van der Waals surface area contributed by atoms with Crippen LogP contribution in [-0.2, 0) is 14.4 Å². The molecule has 0 aliphatic rings. The molecule has 1 atom stereocenters. The van der Waals surface area contributed by atoms with E-state index in [1.165, 1.54) is 70.6 Å². The third kappa shape index (κ3) is 22.6. The van der Waals surface area contributed by atoms with Gasteiger partial charge in [-0.05, 0) is 44.9 Å². The fourth-order valence-electron chi connectivity index (χ4n) is 4.08. The van der Waals surface area contributed by atoms with E-state index in [0.717, 1.165) is 25.7 Å². The first-order valence-electron chi connectivity index (χ1n) is 15.5. The van der Waals surface area contributed by atoms with Crippen LogP contribution in [0.3, 0.4) is 0 Å². The maximum absolute atomic E-state index is 12.0. The Hall–Kier alpha value is -1.93. The Bertz CT molecular complexity index is 667. The van der Waals surface area contributed by atoms with E-state index in [4.69, 9.17) is 0 Å². The van der Waals surface area contributed by atoms with Crippen LogP contribution in [0.4, 0.5) is 0 Å². The standard InChI is InChI=1S/C31H59N3O5/c1-4-5-6-7-8-9-10-11-12-13-14-15-16-17-18-21-27(36)32-23-19-20-24-33-28(37)22-25-34-30(39)29(38)31(2,3)26-35/h11-12,29,35,38H,4-10,13-26H2,1-3H3,(H,32,36)(H,33,37)(H,34,39). The molecule has 0 rings (SSSR count). The lowest BCUT2D eigenvalue weighted by atomic mass is 9.87. The van der Waals surface area contributed by atoms with Crippen LogP contribution in [0.5, 0.6) is 0 Å². The zero-order valence-electron chi connectivity index (χ0n) is 25.2. The number of aliphatic hydroxyl groups excluding tert-OH is 2. The molecule has 0 aromatic carbocycles. The molecule has 8 nitrogen and oxygen atoms in total. The second kappa shape index (κ2) is 25.1. The molecular weight excluding hydrogens is 494 g/mol. The first-order valence-corrected chi connectivity index (χ1v) is 15.5. The molecular formula is C31H59N3O5. The second-order valence-electron chi connectivity index (χ2n) is 11.3. The Balaban J connectivity index is 3.50. The molecule has 5 N–H and O–H groups in total. The van der Waals surface area contributed by atoms with E-state index in [1.807, 2.05) is 0 Å². The molecule has 0 fully saturated rings. The summed E-state index contributed by atoms with van der Waals surface area (Å²) in [5.74, 6) is -0.683. The highest BCUT2D eigenvalue weighted by atomic mass is 16.3. The van der Waals surface area contributed by atoms with Crippen molar-refractivity contribution in [2.75, 3.05) is 26.2 Å². The Morgan fingerprint density at radius 1 is 0.667 bits per heavy atom. The minimum Gasteiger partial charge on any atom is -0.396 e. The van der Waals surface area contributed by atoms with Gasteiger partial charge in [0.1, 0.15) is 6.10 Å². The van der Waals surface area contributed by atoms with Crippen molar-refractivity contribution in [2.45, 2.75) is 136 Å². The van der Waals surface area contributed by atoms with Crippen LogP contribution in [0.1, 0.15) is 130 Å². The number of nitrogens with one attached hydrogen (secondary N) is 3. The molecule has 0 heterocycles. The first kappa shape index (κ1) is 37.1. The lowest BCUT2D eigenvalue weighted by Gasteiger charge is -2.27. The predicted molar refractivity (Wildman–Crippen MR) is 159 cm³/mol. The normalized spacial score (nSPS) is 12.4. The molecule has 39 heavy (non-hydrogen) atoms. The third-order valence-corrected chi connectivity index (χ3v) is 6.96. The van der Waals surface area contributed by atoms with Gasteiger partial charge in [0, 0.05) is 37.9 Å². The zero-order valence-corrected chi connectivity index (χ0v) is 25.2. The van der Waals surface area contributed by atoms with Crippen molar-refractivity contribution >= 4 is 17.7 Å². The number of rotatable bonds is 26. The monoisotopic (exact) mass is 553 g/mol. The minimum atomic E-state index is -1.34. The highest BCUT2D eigenvalue weighted by Gasteiger charge is 2.32. The highest BCUT2D eigenvalue weighted by molar-refractivity contribution is 5.82. The van der Waals surface area contributed by atoms with E-state index in [2.05, 4.69) is 35.0 Å². The van der Waals surface area contributed by atoms with Gasteiger partial charge in [0.15, 0.2) is 0 Å². The Kier molecular flexibility index (Phi) is 23.8. The summed E-state index contributed by atoms with van der Waals surface area (Å²) in [6, 6.07) is 0. The van der Waals surface area contributed by atoms with Crippen LogP contribution in [0.2, 0.25) is 0 Å². The molecule has 3 amide bonds. The number of allylic oxidation sites excluding steroid dienone is 2. The highest BCUT2D eigenvalue weighted by Crippen LogP contribution is 2.19. The third-order valence-electron chi connectivity index (χ3n) is 6.96. The summed E-state index contributed by atoms with van der Waals surface area (Å²) in [5.41, 5.74) is -0.939. The first-order chi connectivity index (χ1) is 18.7. The lowest BCUT2D eigenvalue weighted by Crippen LogP contribution is -2.46. The van der Waals surface area contributed by atoms with Gasteiger partial charge < -0.3 is 26.2 Å². The summed E-state index contributed by atoms with van der Waals surface area (Å²) in [7, 11) is 0. The average molecular weight is 554 g/mol.